The van der Waals surface area contributed by atoms with Crippen molar-refractivity contribution in [1.82, 2.24) is 9.80 Å². The lowest BCUT2D eigenvalue weighted by molar-refractivity contribution is 0.158. The minimum absolute atomic E-state index is 0.0240. The molecule has 0 aromatic rings. The van der Waals surface area contributed by atoms with Crippen LogP contribution in [0.2, 0.25) is 0 Å². The number of carbonyl (C=O) groups excluding carboxylic acids is 1. The summed E-state index contributed by atoms with van der Waals surface area (Å²) in [6.07, 6.45) is 3.05. The van der Waals surface area contributed by atoms with Crippen molar-refractivity contribution in [1.29, 1.82) is 0 Å². The van der Waals surface area contributed by atoms with Gasteiger partial charge in [-0.25, -0.2) is 13.2 Å². The first-order chi connectivity index (χ1) is 9.19. The summed E-state index contributed by atoms with van der Waals surface area (Å²) >= 11 is 0. The molecule has 0 unspecified atom stereocenters. The van der Waals surface area contributed by atoms with E-state index in [2.05, 4.69) is 26.8 Å². The summed E-state index contributed by atoms with van der Waals surface area (Å²) < 4.78 is 22.8. The molecule has 6 heteroatoms. The molecule has 0 atom stereocenters. The molecule has 0 aliphatic carbocycles. The summed E-state index contributed by atoms with van der Waals surface area (Å²) in [5.41, 5.74) is 1.55. The summed E-state index contributed by atoms with van der Waals surface area (Å²) in [5, 5.41) is 0. The molecule has 114 valence electrons. The summed E-state index contributed by atoms with van der Waals surface area (Å²) in [6.45, 7) is 8.57. The second-order valence-electron chi connectivity index (χ2n) is 6.60. The Morgan fingerprint density at radius 2 is 1.70 bits per heavy atom. The standard InChI is InChI=1S/C14H24N2O3S/c1-14(2,3)12-4-6-15(7-5-12)13(17)16-8-10-20(18,19)11-9-16/h4H,5-11H2,1-3H3. The van der Waals surface area contributed by atoms with Gasteiger partial charge in [0.05, 0.1) is 11.5 Å². The lowest BCUT2D eigenvalue weighted by atomic mass is 9.83. The predicted octanol–water partition coefficient (Wildman–Crippen LogP) is 1.52. The van der Waals surface area contributed by atoms with Gasteiger partial charge in [-0.1, -0.05) is 32.4 Å². The zero-order chi connectivity index (χ0) is 15.0. The highest BCUT2D eigenvalue weighted by Gasteiger charge is 2.30. The Hall–Kier alpha value is -1.04. The molecule has 1 fully saturated rings. The Bertz CT molecular complexity index is 503. The SMILES string of the molecule is CC(C)(C)C1=CCN(C(=O)N2CCS(=O)(=O)CC2)CC1. The van der Waals surface area contributed by atoms with Crippen molar-refractivity contribution in [2.24, 2.45) is 5.41 Å². The number of rotatable bonds is 0. The lowest BCUT2D eigenvalue weighted by Crippen LogP contribution is -2.50. The number of amides is 2. The van der Waals surface area contributed by atoms with Gasteiger partial charge >= 0.3 is 6.03 Å². The molecule has 2 heterocycles. The summed E-state index contributed by atoms with van der Waals surface area (Å²) in [7, 11) is -2.93. The fourth-order valence-corrected chi connectivity index (χ4v) is 3.83. The van der Waals surface area contributed by atoms with Crippen molar-refractivity contribution in [2.45, 2.75) is 27.2 Å². The van der Waals surface area contributed by atoms with E-state index in [4.69, 9.17) is 0 Å². The third-order valence-corrected chi connectivity index (χ3v) is 5.67. The zero-order valence-electron chi connectivity index (χ0n) is 12.6. The highest BCUT2D eigenvalue weighted by molar-refractivity contribution is 7.91. The molecule has 1 saturated heterocycles. The van der Waals surface area contributed by atoms with Crippen LogP contribution in [0.25, 0.3) is 0 Å². The Labute approximate surface area is 121 Å². The van der Waals surface area contributed by atoms with Crippen LogP contribution in [-0.2, 0) is 9.84 Å². The summed E-state index contributed by atoms with van der Waals surface area (Å²) in [5.74, 6) is 0.186. The fourth-order valence-electron chi connectivity index (χ4n) is 2.63. The molecule has 0 aromatic carbocycles. The lowest BCUT2D eigenvalue weighted by Gasteiger charge is -2.36. The van der Waals surface area contributed by atoms with Crippen LogP contribution in [0.3, 0.4) is 0 Å². The first-order valence-electron chi connectivity index (χ1n) is 7.13. The molecule has 2 rings (SSSR count). The van der Waals surface area contributed by atoms with Gasteiger partial charge in [-0.15, -0.1) is 0 Å². The van der Waals surface area contributed by atoms with Gasteiger partial charge in [-0.05, 0) is 11.8 Å². The van der Waals surface area contributed by atoms with Gasteiger partial charge in [0.2, 0.25) is 0 Å². The van der Waals surface area contributed by atoms with Crippen LogP contribution >= 0.6 is 0 Å². The molecule has 0 aromatic heterocycles. The molecule has 20 heavy (non-hydrogen) atoms. The topological polar surface area (TPSA) is 57.7 Å². The number of urea groups is 1. The first-order valence-corrected chi connectivity index (χ1v) is 8.95. The molecule has 0 N–H and O–H groups in total. The molecule has 2 amide bonds. The van der Waals surface area contributed by atoms with Crippen molar-refractivity contribution < 1.29 is 13.2 Å². The number of nitrogens with zero attached hydrogens (tertiary/aromatic N) is 2. The van der Waals surface area contributed by atoms with Crippen molar-refractivity contribution in [2.75, 3.05) is 37.7 Å². The minimum Gasteiger partial charge on any atom is -0.323 e. The van der Waals surface area contributed by atoms with Crippen LogP contribution in [-0.4, -0.2) is 61.9 Å². The van der Waals surface area contributed by atoms with E-state index in [1.54, 1.807) is 4.90 Å². The van der Waals surface area contributed by atoms with Crippen LogP contribution in [0.5, 0.6) is 0 Å². The van der Waals surface area contributed by atoms with Crippen LogP contribution in [0, 0.1) is 5.41 Å². The van der Waals surface area contributed by atoms with E-state index in [1.807, 2.05) is 4.90 Å². The third kappa shape index (κ3) is 3.53. The van der Waals surface area contributed by atoms with Gasteiger partial charge in [0.25, 0.3) is 0 Å². The highest BCUT2D eigenvalue weighted by Crippen LogP contribution is 2.30. The quantitative estimate of drug-likeness (QED) is 0.637. The second kappa shape index (κ2) is 5.39. The Morgan fingerprint density at radius 1 is 1.10 bits per heavy atom. The van der Waals surface area contributed by atoms with E-state index in [9.17, 15) is 13.2 Å². The van der Waals surface area contributed by atoms with E-state index in [0.29, 0.717) is 19.6 Å². The van der Waals surface area contributed by atoms with Crippen molar-refractivity contribution >= 4 is 15.9 Å². The summed E-state index contributed by atoms with van der Waals surface area (Å²) in [6, 6.07) is -0.0240. The predicted molar refractivity (Wildman–Crippen MR) is 79.4 cm³/mol. The van der Waals surface area contributed by atoms with Crippen LogP contribution in [0.1, 0.15) is 27.2 Å². The van der Waals surface area contributed by atoms with Crippen molar-refractivity contribution in [3.8, 4) is 0 Å². The van der Waals surface area contributed by atoms with E-state index < -0.39 is 9.84 Å². The van der Waals surface area contributed by atoms with Gasteiger partial charge < -0.3 is 9.80 Å². The minimum atomic E-state index is -2.93. The normalized spacial score (nSPS) is 23.4. The van der Waals surface area contributed by atoms with Crippen LogP contribution in [0.4, 0.5) is 4.79 Å². The monoisotopic (exact) mass is 300 g/mol. The number of sulfone groups is 1. The molecule has 0 bridgehead atoms. The molecule has 5 nitrogen and oxygen atoms in total. The highest BCUT2D eigenvalue weighted by atomic mass is 32.2. The molecule has 2 aliphatic heterocycles. The molecular formula is C14H24N2O3S. The Balaban J connectivity index is 1.94. The average Bonchev–Trinajstić information content (AvgIpc) is 2.37. The third-order valence-electron chi connectivity index (χ3n) is 4.06. The van der Waals surface area contributed by atoms with Crippen LogP contribution < -0.4 is 0 Å². The molecule has 0 spiro atoms. The van der Waals surface area contributed by atoms with Crippen molar-refractivity contribution in [3.05, 3.63) is 11.6 Å². The van der Waals surface area contributed by atoms with Crippen LogP contribution in [0.15, 0.2) is 11.6 Å². The summed E-state index contributed by atoms with van der Waals surface area (Å²) in [4.78, 5) is 15.8. The second-order valence-corrected chi connectivity index (χ2v) is 8.90. The van der Waals surface area contributed by atoms with Crippen molar-refractivity contribution in [3.63, 3.8) is 0 Å². The maximum Gasteiger partial charge on any atom is 0.320 e. The number of hydrogen-bond donors (Lipinski definition) is 0. The van der Waals surface area contributed by atoms with Gasteiger partial charge in [-0.3, -0.25) is 0 Å². The maximum absolute atomic E-state index is 12.3. The number of hydrogen-bond acceptors (Lipinski definition) is 3. The van der Waals surface area contributed by atoms with E-state index in [0.717, 1.165) is 13.0 Å². The van der Waals surface area contributed by atoms with Gasteiger partial charge in [0, 0.05) is 26.2 Å². The van der Waals surface area contributed by atoms with E-state index in [-0.39, 0.29) is 23.0 Å². The average molecular weight is 300 g/mol. The molecule has 0 radical (unpaired) electrons. The molecule has 2 aliphatic rings. The first kappa shape index (κ1) is 15.4. The smallest absolute Gasteiger partial charge is 0.320 e. The maximum atomic E-state index is 12.3. The zero-order valence-corrected chi connectivity index (χ0v) is 13.4. The van der Waals surface area contributed by atoms with Gasteiger partial charge in [-0.2, -0.15) is 0 Å². The molecular weight excluding hydrogens is 276 g/mol. The largest absolute Gasteiger partial charge is 0.323 e. The Kier molecular flexibility index (Phi) is 4.14. The van der Waals surface area contributed by atoms with E-state index >= 15 is 0 Å². The number of carbonyl (C=O) groups is 1. The fraction of sp³-hybridized carbons (Fsp3) is 0.786. The van der Waals surface area contributed by atoms with E-state index in [1.165, 1.54) is 5.57 Å². The van der Waals surface area contributed by atoms with Gasteiger partial charge in [0.1, 0.15) is 0 Å². The molecule has 0 saturated carbocycles. The Morgan fingerprint density at radius 3 is 2.15 bits per heavy atom. The van der Waals surface area contributed by atoms with Gasteiger partial charge in [0.15, 0.2) is 9.84 Å².